The van der Waals surface area contributed by atoms with Gasteiger partial charge < -0.3 is 5.11 Å². The highest BCUT2D eigenvalue weighted by Crippen LogP contribution is 2.09. The van der Waals surface area contributed by atoms with Gasteiger partial charge in [0.25, 0.3) is 0 Å². The molecule has 6 heteroatoms. The van der Waals surface area contributed by atoms with Crippen molar-refractivity contribution >= 4 is 15.9 Å². The van der Waals surface area contributed by atoms with E-state index >= 15 is 0 Å². The molecule has 0 aliphatic heterocycles. The molecule has 2 heterocycles. The van der Waals surface area contributed by atoms with Gasteiger partial charge in [-0.05, 0) is 28.1 Å². The number of aromatic hydroxyl groups is 1. The van der Waals surface area contributed by atoms with Gasteiger partial charge in [-0.1, -0.05) is 0 Å². The van der Waals surface area contributed by atoms with Crippen LogP contribution < -0.4 is 5.69 Å². The lowest BCUT2D eigenvalue weighted by atomic mass is 10.3. The molecule has 0 bridgehead atoms. The lowest BCUT2D eigenvalue weighted by molar-refractivity contribution is 0.429. The van der Waals surface area contributed by atoms with Crippen molar-refractivity contribution in [2.24, 2.45) is 7.05 Å². The SMILES string of the molecule is Cn1c(O)cn(Cc2ccc(Br)cn2)c1=O. The summed E-state index contributed by atoms with van der Waals surface area (Å²) in [6.45, 7) is 0.348. The normalized spacial score (nSPS) is 10.6. The van der Waals surface area contributed by atoms with Crippen LogP contribution in [0.2, 0.25) is 0 Å². The van der Waals surface area contributed by atoms with E-state index in [1.165, 1.54) is 22.4 Å². The van der Waals surface area contributed by atoms with Crippen molar-refractivity contribution in [1.29, 1.82) is 0 Å². The molecule has 0 aromatic carbocycles. The topological polar surface area (TPSA) is 60.1 Å². The highest BCUT2D eigenvalue weighted by atomic mass is 79.9. The van der Waals surface area contributed by atoms with Crippen LogP contribution in [0.25, 0.3) is 0 Å². The number of hydrogen-bond acceptors (Lipinski definition) is 3. The summed E-state index contributed by atoms with van der Waals surface area (Å²) < 4.78 is 3.48. The van der Waals surface area contributed by atoms with E-state index in [4.69, 9.17) is 0 Å². The smallest absolute Gasteiger partial charge is 0.331 e. The molecule has 0 saturated carbocycles. The fourth-order valence-corrected chi connectivity index (χ4v) is 1.59. The first-order valence-electron chi connectivity index (χ1n) is 4.63. The van der Waals surface area contributed by atoms with E-state index in [1.807, 2.05) is 12.1 Å². The van der Waals surface area contributed by atoms with Crippen molar-refractivity contribution in [3.05, 3.63) is 45.2 Å². The Bertz CT molecular complexity index is 556. The van der Waals surface area contributed by atoms with Crippen LogP contribution in [0.5, 0.6) is 5.88 Å². The summed E-state index contributed by atoms with van der Waals surface area (Å²) in [7, 11) is 1.52. The number of nitrogens with zero attached hydrogens (tertiary/aromatic N) is 3. The monoisotopic (exact) mass is 283 g/mol. The predicted molar refractivity (Wildman–Crippen MR) is 62.4 cm³/mol. The summed E-state index contributed by atoms with van der Waals surface area (Å²) in [4.78, 5) is 15.7. The number of rotatable bonds is 2. The second-order valence-corrected chi connectivity index (χ2v) is 4.34. The van der Waals surface area contributed by atoms with Gasteiger partial charge in [-0.3, -0.25) is 14.1 Å². The highest BCUT2D eigenvalue weighted by molar-refractivity contribution is 9.10. The lowest BCUT2D eigenvalue weighted by Gasteiger charge is -2.00. The molecule has 16 heavy (non-hydrogen) atoms. The third-order valence-electron chi connectivity index (χ3n) is 2.27. The molecule has 2 aromatic rings. The summed E-state index contributed by atoms with van der Waals surface area (Å²) in [6, 6.07) is 3.68. The van der Waals surface area contributed by atoms with Crippen LogP contribution in [0.4, 0.5) is 0 Å². The summed E-state index contributed by atoms with van der Waals surface area (Å²) in [5, 5.41) is 9.36. The van der Waals surface area contributed by atoms with Crippen molar-refractivity contribution in [1.82, 2.24) is 14.1 Å². The van der Waals surface area contributed by atoms with Crippen LogP contribution in [0.15, 0.2) is 33.8 Å². The van der Waals surface area contributed by atoms with Crippen molar-refractivity contribution in [3.63, 3.8) is 0 Å². The van der Waals surface area contributed by atoms with Gasteiger partial charge in [0.05, 0.1) is 18.4 Å². The van der Waals surface area contributed by atoms with Crippen molar-refractivity contribution in [3.8, 4) is 5.88 Å². The molecule has 0 fully saturated rings. The zero-order chi connectivity index (χ0) is 11.7. The third-order valence-corrected chi connectivity index (χ3v) is 2.74. The van der Waals surface area contributed by atoms with E-state index in [0.29, 0.717) is 6.54 Å². The highest BCUT2D eigenvalue weighted by Gasteiger charge is 2.07. The minimum atomic E-state index is -0.262. The standard InChI is InChI=1S/C10H10BrN3O2/c1-13-9(15)6-14(10(13)16)5-8-3-2-7(11)4-12-8/h2-4,6,15H,5H2,1H3. The maximum absolute atomic E-state index is 11.6. The molecular formula is C10H10BrN3O2. The van der Waals surface area contributed by atoms with Crippen molar-refractivity contribution in [2.75, 3.05) is 0 Å². The summed E-state index contributed by atoms with van der Waals surface area (Å²) in [5.74, 6) is -0.0536. The van der Waals surface area contributed by atoms with Gasteiger partial charge in [-0.2, -0.15) is 0 Å². The number of pyridine rings is 1. The van der Waals surface area contributed by atoms with E-state index in [2.05, 4.69) is 20.9 Å². The molecule has 0 atom stereocenters. The molecule has 0 aliphatic carbocycles. The van der Waals surface area contributed by atoms with E-state index < -0.39 is 0 Å². The minimum absolute atomic E-state index is 0.0536. The van der Waals surface area contributed by atoms with Gasteiger partial charge in [0.2, 0.25) is 5.88 Å². The second-order valence-electron chi connectivity index (χ2n) is 3.42. The Balaban J connectivity index is 2.30. The van der Waals surface area contributed by atoms with Gasteiger partial charge >= 0.3 is 5.69 Å². The molecule has 2 rings (SSSR count). The lowest BCUT2D eigenvalue weighted by Crippen LogP contribution is -2.22. The Hall–Kier alpha value is -1.56. The number of hydrogen-bond donors (Lipinski definition) is 1. The van der Waals surface area contributed by atoms with Crippen molar-refractivity contribution < 1.29 is 5.11 Å². The van der Waals surface area contributed by atoms with Gasteiger partial charge in [0.1, 0.15) is 0 Å². The van der Waals surface area contributed by atoms with Crippen molar-refractivity contribution in [2.45, 2.75) is 6.54 Å². The Kier molecular flexibility index (Phi) is 2.82. The Labute approximate surface area is 100 Å². The second kappa shape index (κ2) is 4.13. The Morgan fingerprint density at radius 3 is 2.75 bits per heavy atom. The molecule has 0 amide bonds. The first kappa shape index (κ1) is 10.9. The maximum atomic E-state index is 11.6. The fourth-order valence-electron chi connectivity index (χ4n) is 1.36. The van der Waals surface area contributed by atoms with E-state index in [0.717, 1.165) is 10.2 Å². The molecule has 0 saturated heterocycles. The first-order valence-corrected chi connectivity index (χ1v) is 5.43. The average Bonchev–Trinajstić information content (AvgIpc) is 2.50. The van der Waals surface area contributed by atoms with Gasteiger partial charge in [-0.25, -0.2) is 4.79 Å². The summed E-state index contributed by atoms with van der Waals surface area (Å²) in [6.07, 6.45) is 3.06. The number of aromatic nitrogens is 3. The molecule has 2 aromatic heterocycles. The van der Waals surface area contributed by atoms with Crippen LogP contribution in [-0.4, -0.2) is 19.2 Å². The Morgan fingerprint density at radius 2 is 2.25 bits per heavy atom. The van der Waals surface area contributed by atoms with Gasteiger partial charge in [-0.15, -0.1) is 0 Å². The molecule has 1 N–H and O–H groups in total. The van der Waals surface area contributed by atoms with E-state index in [9.17, 15) is 9.90 Å². The fraction of sp³-hybridized carbons (Fsp3) is 0.200. The molecular weight excluding hydrogens is 274 g/mol. The van der Waals surface area contributed by atoms with Crippen LogP contribution in [-0.2, 0) is 13.6 Å². The minimum Gasteiger partial charge on any atom is -0.493 e. The molecule has 84 valence electrons. The van der Waals surface area contributed by atoms with Crippen LogP contribution in [0.1, 0.15) is 5.69 Å². The van der Waals surface area contributed by atoms with Crippen LogP contribution in [0, 0.1) is 0 Å². The quantitative estimate of drug-likeness (QED) is 0.898. The predicted octanol–water partition coefficient (Wildman–Crippen LogP) is 1.10. The molecule has 0 radical (unpaired) electrons. The first-order chi connectivity index (χ1) is 7.58. The van der Waals surface area contributed by atoms with Crippen LogP contribution in [0.3, 0.4) is 0 Å². The Morgan fingerprint density at radius 1 is 1.50 bits per heavy atom. The summed E-state index contributed by atoms with van der Waals surface area (Å²) >= 11 is 3.29. The van der Waals surface area contributed by atoms with E-state index in [1.54, 1.807) is 6.20 Å². The largest absolute Gasteiger partial charge is 0.493 e. The van der Waals surface area contributed by atoms with Gasteiger partial charge in [0.15, 0.2) is 0 Å². The molecule has 0 aliphatic rings. The third kappa shape index (κ3) is 2.01. The maximum Gasteiger partial charge on any atom is 0.331 e. The number of imidazole rings is 1. The van der Waals surface area contributed by atoms with Crippen LogP contribution >= 0.6 is 15.9 Å². The molecule has 5 nitrogen and oxygen atoms in total. The van der Waals surface area contributed by atoms with Gasteiger partial charge in [0, 0.05) is 17.7 Å². The number of halogens is 1. The molecule has 0 spiro atoms. The average molecular weight is 284 g/mol. The van der Waals surface area contributed by atoms with E-state index in [-0.39, 0.29) is 11.6 Å². The zero-order valence-electron chi connectivity index (χ0n) is 8.59. The molecule has 0 unspecified atom stereocenters. The summed E-state index contributed by atoms with van der Waals surface area (Å²) in [5.41, 5.74) is 0.498. The zero-order valence-corrected chi connectivity index (χ0v) is 10.2.